The number of rotatable bonds is 3. The zero-order chi connectivity index (χ0) is 13.8. The van der Waals surface area contributed by atoms with Crippen molar-refractivity contribution in [2.45, 2.75) is 18.7 Å². The second-order valence-electron chi connectivity index (χ2n) is 4.79. The Labute approximate surface area is 117 Å². The van der Waals surface area contributed by atoms with Crippen molar-refractivity contribution in [1.82, 2.24) is 10.2 Å². The zero-order valence-electron chi connectivity index (χ0n) is 11.3. The molecule has 0 unspecified atom stereocenters. The average Bonchev–Trinajstić information content (AvgIpc) is 2.41. The molecule has 0 saturated carbocycles. The molecule has 1 atom stereocenters. The molecule has 0 aromatic heterocycles. The number of nitrogens with zero attached hydrogens (tertiary/aromatic N) is 1. The minimum Gasteiger partial charge on any atom is -0.333 e. The van der Waals surface area contributed by atoms with Crippen LogP contribution >= 0.6 is 11.8 Å². The van der Waals surface area contributed by atoms with E-state index in [-0.39, 0.29) is 17.8 Å². The van der Waals surface area contributed by atoms with Crippen LogP contribution < -0.4 is 5.32 Å². The molecule has 0 aliphatic carbocycles. The van der Waals surface area contributed by atoms with Crippen LogP contribution in [0.5, 0.6) is 0 Å². The van der Waals surface area contributed by atoms with E-state index < -0.39 is 0 Å². The SMILES string of the molecule is CSCc1cc(C(=O)N2CCNC[C@H]2C)ccc1F. The Kier molecular flexibility index (Phi) is 4.82. The highest BCUT2D eigenvalue weighted by molar-refractivity contribution is 7.97. The van der Waals surface area contributed by atoms with Crippen LogP contribution in [0.3, 0.4) is 0 Å². The molecular weight excluding hydrogens is 263 g/mol. The topological polar surface area (TPSA) is 32.3 Å². The van der Waals surface area contributed by atoms with Crippen molar-refractivity contribution >= 4 is 17.7 Å². The maximum absolute atomic E-state index is 13.6. The number of halogens is 1. The molecule has 1 aromatic rings. The van der Waals surface area contributed by atoms with Gasteiger partial charge in [-0.15, -0.1) is 0 Å². The van der Waals surface area contributed by atoms with Crippen molar-refractivity contribution in [1.29, 1.82) is 0 Å². The molecule has 5 heteroatoms. The van der Waals surface area contributed by atoms with Crippen LogP contribution in [0.4, 0.5) is 4.39 Å². The summed E-state index contributed by atoms with van der Waals surface area (Å²) in [6, 6.07) is 4.83. The second kappa shape index (κ2) is 6.39. The van der Waals surface area contributed by atoms with E-state index in [1.54, 1.807) is 23.9 Å². The van der Waals surface area contributed by atoms with Gasteiger partial charge < -0.3 is 10.2 Å². The normalized spacial score (nSPS) is 19.5. The number of piperazine rings is 1. The standard InChI is InChI=1S/C14H19FN2OS/c1-10-8-16-5-6-17(10)14(18)11-3-4-13(15)12(7-11)9-19-2/h3-4,7,10,16H,5-6,8-9H2,1-2H3/t10-/m1/s1. The number of hydrogen-bond acceptors (Lipinski definition) is 3. The number of benzene rings is 1. The molecule has 0 radical (unpaired) electrons. The van der Waals surface area contributed by atoms with Crippen LogP contribution in [0.25, 0.3) is 0 Å². The largest absolute Gasteiger partial charge is 0.333 e. The first kappa shape index (κ1) is 14.3. The summed E-state index contributed by atoms with van der Waals surface area (Å²) in [7, 11) is 0. The Hall–Kier alpha value is -1.07. The zero-order valence-corrected chi connectivity index (χ0v) is 12.1. The Morgan fingerprint density at radius 2 is 2.37 bits per heavy atom. The van der Waals surface area contributed by atoms with Crippen molar-refractivity contribution in [2.24, 2.45) is 0 Å². The van der Waals surface area contributed by atoms with E-state index in [4.69, 9.17) is 0 Å². The van der Waals surface area contributed by atoms with E-state index in [0.29, 0.717) is 23.4 Å². The van der Waals surface area contributed by atoms with E-state index in [1.165, 1.54) is 6.07 Å². The van der Waals surface area contributed by atoms with Crippen molar-refractivity contribution in [3.63, 3.8) is 0 Å². The number of thioether (sulfide) groups is 1. The summed E-state index contributed by atoms with van der Waals surface area (Å²) in [6.45, 7) is 4.35. The first-order valence-electron chi connectivity index (χ1n) is 6.42. The van der Waals surface area contributed by atoms with E-state index in [9.17, 15) is 9.18 Å². The van der Waals surface area contributed by atoms with Gasteiger partial charge >= 0.3 is 0 Å². The maximum atomic E-state index is 13.6. The van der Waals surface area contributed by atoms with E-state index in [0.717, 1.165) is 13.1 Å². The van der Waals surface area contributed by atoms with Gasteiger partial charge in [0.2, 0.25) is 0 Å². The quantitative estimate of drug-likeness (QED) is 0.921. The van der Waals surface area contributed by atoms with Crippen molar-refractivity contribution < 1.29 is 9.18 Å². The van der Waals surface area contributed by atoms with Crippen LogP contribution in [0, 0.1) is 5.82 Å². The third-order valence-corrected chi connectivity index (χ3v) is 3.95. The third kappa shape index (κ3) is 3.28. The third-order valence-electron chi connectivity index (χ3n) is 3.35. The van der Waals surface area contributed by atoms with Gasteiger partial charge in [-0.1, -0.05) is 0 Å². The van der Waals surface area contributed by atoms with Crippen LogP contribution in [-0.4, -0.2) is 42.7 Å². The second-order valence-corrected chi connectivity index (χ2v) is 5.66. The van der Waals surface area contributed by atoms with Crippen LogP contribution in [-0.2, 0) is 5.75 Å². The highest BCUT2D eigenvalue weighted by Crippen LogP contribution is 2.18. The van der Waals surface area contributed by atoms with Gasteiger partial charge in [0.15, 0.2) is 0 Å². The predicted molar refractivity (Wildman–Crippen MR) is 77.0 cm³/mol. The van der Waals surface area contributed by atoms with Gasteiger partial charge in [-0.05, 0) is 36.9 Å². The van der Waals surface area contributed by atoms with Crippen LogP contribution in [0.15, 0.2) is 18.2 Å². The molecule has 1 heterocycles. The van der Waals surface area contributed by atoms with Gasteiger partial charge in [0.1, 0.15) is 5.82 Å². The monoisotopic (exact) mass is 282 g/mol. The lowest BCUT2D eigenvalue weighted by molar-refractivity contribution is 0.0655. The summed E-state index contributed by atoms with van der Waals surface area (Å²) >= 11 is 1.55. The van der Waals surface area contributed by atoms with Gasteiger partial charge in [-0.25, -0.2) is 4.39 Å². The van der Waals surface area contributed by atoms with Gasteiger partial charge in [0.25, 0.3) is 5.91 Å². The molecular formula is C14H19FN2OS. The molecule has 2 rings (SSSR count). The maximum Gasteiger partial charge on any atom is 0.254 e. The van der Waals surface area contributed by atoms with E-state index in [1.807, 2.05) is 18.1 Å². The number of nitrogens with one attached hydrogen (secondary N) is 1. The summed E-state index contributed by atoms with van der Waals surface area (Å²) in [5, 5.41) is 3.25. The summed E-state index contributed by atoms with van der Waals surface area (Å²) in [5.41, 5.74) is 1.18. The van der Waals surface area contributed by atoms with Gasteiger partial charge in [-0.2, -0.15) is 11.8 Å². The lowest BCUT2D eigenvalue weighted by Crippen LogP contribution is -2.52. The number of carbonyl (C=O) groups is 1. The van der Waals surface area contributed by atoms with Gasteiger partial charge in [-0.3, -0.25) is 4.79 Å². The Morgan fingerprint density at radius 3 is 3.05 bits per heavy atom. The average molecular weight is 282 g/mol. The predicted octanol–water partition coefficient (Wildman–Crippen LogP) is 2.12. The van der Waals surface area contributed by atoms with Crippen LogP contribution in [0.2, 0.25) is 0 Å². The highest BCUT2D eigenvalue weighted by atomic mass is 32.2. The Bertz CT molecular complexity index is 467. The first-order chi connectivity index (χ1) is 9.13. The minimum absolute atomic E-state index is 0.00338. The lowest BCUT2D eigenvalue weighted by Gasteiger charge is -2.34. The van der Waals surface area contributed by atoms with E-state index in [2.05, 4.69) is 5.32 Å². The molecule has 1 N–H and O–H groups in total. The summed E-state index contributed by atoms with van der Waals surface area (Å²) in [4.78, 5) is 14.3. The molecule has 1 aliphatic rings. The molecule has 0 spiro atoms. The molecule has 1 amide bonds. The smallest absolute Gasteiger partial charge is 0.254 e. The molecule has 1 aliphatic heterocycles. The fourth-order valence-corrected chi connectivity index (χ4v) is 2.81. The Balaban J connectivity index is 2.20. The van der Waals surface area contributed by atoms with Crippen molar-refractivity contribution in [2.75, 3.05) is 25.9 Å². The minimum atomic E-state index is -0.237. The molecule has 104 valence electrons. The molecule has 19 heavy (non-hydrogen) atoms. The highest BCUT2D eigenvalue weighted by Gasteiger charge is 2.24. The summed E-state index contributed by atoms with van der Waals surface area (Å²) in [6.07, 6.45) is 1.92. The fourth-order valence-electron chi connectivity index (χ4n) is 2.28. The van der Waals surface area contributed by atoms with Gasteiger partial charge in [0, 0.05) is 37.0 Å². The number of carbonyl (C=O) groups excluding carboxylic acids is 1. The van der Waals surface area contributed by atoms with Crippen molar-refractivity contribution in [3.8, 4) is 0 Å². The number of amides is 1. The first-order valence-corrected chi connectivity index (χ1v) is 7.82. The van der Waals surface area contributed by atoms with E-state index >= 15 is 0 Å². The molecule has 1 saturated heterocycles. The molecule has 1 aromatic carbocycles. The molecule has 1 fully saturated rings. The molecule has 3 nitrogen and oxygen atoms in total. The Morgan fingerprint density at radius 1 is 1.58 bits per heavy atom. The van der Waals surface area contributed by atoms with Crippen molar-refractivity contribution in [3.05, 3.63) is 35.1 Å². The van der Waals surface area contributed by atoms with Crippen LogP contribution in [0.1, 0.15) is 22.8 Å². The summed E-state index contributed by atoms with van der Waals surface area (Å²) < 4.78 is 13.6. The molecule has 0 bridgehead atoms. The summed E-state index contributed by atoms with van der Waals surface area (Å²) in [5.74, 6) is 0.347. The lowest BCUT2D eigenvalue weighted by atomic mass is 10.1. The fraction of sp³-hybridized carbons (Fsp3) is 0.500. The number of hydrogen-bond donors (Lipinski definition) is 1. The van der Waals surface area contributed by atoms with Gasteiger partial charge in [0.05, 0.1) is 0 Å².